The zero-order chi connectivity index (χ0) is 28.3. The van der Waals surface area contributed by atoms with E-state index in [9.17, 15) is 22.8 Å². The van der Waals surface area contributed by atoms with Gasteiger partial charge in [0.1, 0.15) is 6.04 Å². The number of carbonyl (C=O) groups is 2. The molecule has 0 saturated carbocycles. The molecule has 0 radical (unpaired) electrons. The van der Waals surface area contributed by atoms with Crippen LogP contribution in [0.1, 0.15) is 45.5 Å². The molecule has 2 aliphatic rings. The van der Waals surface area contributed by atoms with Crippen molar-refractivity contribution in [1.82, 2.24) is 20.0 Å². The Morgan fingerprint density at radius 3 is 2.46 bits per heavy atom. The number of piperazine rings is 1. The number of fused-ring (bicyclic) bond motifs is 1. The van der Waals surface area contributed by atoms with Gasteiger partial charge in [0, 0.05) is 63.6 Å². The minimum atomic E-state index is -4.54. The summed E-state index contributed by atoms with van der Waals surface area (Å²) in [5.41, 5.74) is 7.46. The molecule has 2 aromatic rings. The van der Waals surface area contributed by atoms with Gasteiger partial charge < -0.3 is 21.3 Å². The predicted octanol–water partition coefficient (Wildman–Crippen LogP) is 2.70. The third-order valence-electron chi connectivity index (χ3n) is 7.65. The van der Waals surface area contributed by atoms with Crippen molar-refractivity contribution in [2.75, 3.05) is 58.7 Å². The Labute approximate surface area is 227 Å². The molecular weight excluding hydrogens is 509 g/mol. The average Bonchev–Trinajstić information content (AvgIpc) is 2.88. The lowest BCUT2D eigenvalue weighted by molar-refractivity contribution is -0.138. The van der Waals surface area contributed by atoms with Gasteiger partial charge in [0.15, 0.2) is 0 Å². The molecule has 2 aromatic carbocycles. The topological polar surface area (TPSA) is 93.9 Å². The minimum absolute atomic E-state index is 0.0879. The number of hydrogen-bond donors (Lipinski definition) is 3. The molecule has 0 aliphatic carbocycles. The molecule has 4 N–H and O–H groups in total. The lowest BCUT2D eigenvalue weighted by Crippen LogP contribution is -2.51. The summed E-state index contributed by atoms with van der Waals surface area (Å²) >= 11 is 0. The van der Waals surface area contributed by atoms with E-state index < -0.39 is 29.6 Å². The maximum Gasteiger partial charge on any atom is 0.416 e. The summed E-state index contributed by atoms with van der Waals surface area (Å²) in [6.07, 6.45) is -4.54. The number of carbonyl (C=O) groups excluding carboxylic acids is 2. The summed E-state index contributed by atoms with van der Waals surface area (Å²) in [5, 5.41) is 5.64. The second-order valence-electron chi connectivity index (χ2n) is 10.6. The first-order chi connectivity index (χ1) is 18.5. The smallest absolute Gasteiger partial charge is 0.368 e. The van der Waals surface area contributed by atoms with E-state index in [1.807, 2.05) is 29.8 Å². The van der Waals surface area contributed by atoms with E-state index >= 15 is 0 Å². The molecule has 11 heteroatoms. The standard InChI is InChI=1S/C28H37F3N6O2/c1-18-15-37(25(14-33-2)26(32)38)17-21-12-19(5-7-23(18)21)27(39)34-22-6-4-20(24(13-22)28(29,30)31)16-36-10-8-35(3)9-11-36/h4-7,12-13,18,25,33H,8-11,14-17H2,1-3H3,(H2,32,38)(H,34,39)/t18-,25?/m0/s1. The van der Waals surface area contributed by atoms with E-state index in [1.54, 1.807) is 19.2 Å². The Morgan fingerprint density at radius 1 is 1.10 bits per heavy atom. The predicted molar refractivity (Wildman–Crippen MR) is 144 cm³/mol. The van der Waals surface area contributed by atoms with Crippen molar-refractivity contribution in [3.05, 3.63) is 64.2 Å². The molecule has 39 heavy (non-hydrogen) atoms. The number of anilines is 1. The first kappa shape index (κ1) is 29.0. The number of nitrogens with zero attached hydrogens (tertiary/aromatic N) is 3. The highest BCUT2D eigenvalue weighted by Crippen LogP contribution is 2.35. The van der Waals surface area contributed by atoms with Crippen LogP contribution in [0.25, 0.3) is 0 Å². The number of hydrogen-bond acceptors (Lipinski definition) is 6. The molecule has 0 bridgehead atoms. The monoisotopic (exact) mass is 546 g/mol. The van der Waals surface area contributed by atoms with Crippen molar-refractivity contribution in [2.45, 2.75) is 38.1 Å². The number of amides is 2. The first-order valence-electron chi connectivity index (χ1n) is 13.2. The van der Waals surface area contributed by atoms with Gasteiger partial charge in [-0.05, 0) is 61.0 Å². The highest BCUT2D eigenvalue weighted by atomic mass is 19.4. The molecule has 4 rings (SSSR count). The van der Waals surface area contributed by atoms with Gasteiger partial charge in [-0.25, -0.2) is 0 Å². The highest BCUT2D eigenvalue weighted by Gasteiger charge is 2.35. The van der Waals surface area contributed by atoms with E-state index in [2.05, 4.69) is 15.5 Å². The number of halogens is 3. The zero-order valence-corrected chi connectivity index (χ0v) is 22.6. The van der Waals surface area contributed by atoms with Crippen LogP contribution in [-0.2, 0) is 24.1 Å². The average molecular weight is 547 g/mol. The maximum atomic E-state index is 14.0. The third-order valence-corrected chi connectivity index (χ3v) is 7.65. The zero-order valence-electron chi connectivity index (χ0n) is 22.6. The summed E-state index contributed by atoms with van der Waals surface area (Å²) in [7, 11) is 3.75. The fourth-order valence-electron chi connectivity index (χ4n) is 5.44. The Hall–Kier alpha value is -2.99. The van der Waals surface area contributed by atoms with Crippen molar-refractivity contribution in [2.24, 2.45) is 5.73 Å². The van der Waals surface area contributed by atoms with Gasteiger partial charge in [0.25, 0.3) is 5.91 Å². The Kier molecular flexibility index (Phi) is 8.95. The number of nitrogens with two attached hydrogens (primary N) is 1. The molecule has 212 valence electrons. The molecule has 8 nitrogen and oxygen atoms in total. The normalized spacial score (nSPS) is 19.9. The van der Waals surface area contributed by atoms with Crippen molar-refractivity contribution in [1.29, 1.82) is 0 Å². The van der Waals surface area contributed by atoms with Crippen molar-refractivity contribution in [3.63, 3.8) is 0 Å². The summed E-state index contributed by atoms with van der Waals surface area (Å²) in [6.45, 7) is 6.77. The van der Waals surface area contributed by atoms with E-state index in [4.69, 9.17) is 5.73 Å². The van der Waals surface area contributed by atoms with E-state index in [0.29, 0.717) is 38.3 Å². The maximum absolute atomic E-state index is 14.0. The van der Waals surface area contributed by atoms with Crippen LogP contribution in [-0.4, -0.2) is 85.9 Å². The largest absolute Gasteiger partial charge is 0.416 e. The van der Waals surface area contributed by atoms with E-state index in [-0.39, 0.29) is 23.7 Å². The number of benzene rings is 2. The van der Waals surface area contributed by atoms with Crippen molar-refractivity contribution in [3.8, 4) is 0 Å². The molecule has 2 heterocycles. The molecule has 2 amide bonds. The van der Waals surface area contributed by atoms with Gasteiger partial charge in [-0.15, -0.1) is 0 Å². The fourth-order valence-corrected chi connectivity index (χ4v) is 5.44. The molecule has 2 atom stereocenters. The Morgan fingerprint density at radius 2 is 1.82 bits per heavy atom. The van der Waals surface area contributed by atoms with E-state index in [0.717, 1.165) is 30.3 Å². The fraction of sp³-hybridized carbons (Fsp3) is 0.500. The SMILES string of the molecule is CNCC(C(N)=O)N1Cc2cc(C(=O)Nc3ccc(CN4CCN(C)CC4)c(C(F)(F)F)c3)ccc2[C@@H](C)C1. The van der Waals surface area contributed by atoms with E-state index in [1.165, 1.54) is 12.1 Å². The summed E-state index contributed by atoms with van der Waals surface area (Å²) < 4.78 is 41.9. The molecular formula is C28H37F3N6O2. The minimum Gasteiger partial charge on any atom is -0.368 e. The van der Waals surface area contributed by atoms with Crippen LogP contribution in [0.3, 0.4) is 0 Å². The van der Waals surface area contributed by atoms with Crippen LogP contribution in [0.5, 0.6) is 0 Å². The van der Waals surface area contributed by atoms with Crippen LogP contribution >= 0.6 is 0 Å². The second-order valence-corrected chi connectivity index (χ2v) is 10.6. The van der Waals surface area contributed by atoms with Crippen LogP contribution in [0, 0.1) is 0 Å². The van der Waals surface area contributed by atoms with Gasteiger partial charge in [0.05, 0.1) is 5.56 Å². The molecule has 0 spiro atoms. The molecule has 1 unspecified atom stereocenters. The lowest BCUT2D eigenvalue weighted by Gasteiger charge is -2.37. The summed E-state index contributed by atoms with van der Waals surface area (Å²) in [6, 6.07) is 8.81. The first-order valence-corrected chi connectivity index (χ1v) is 13.2. The summed E-state index contributed by atoms with van der Waals surface area (Å²) in [5.74, 6) is -0.804. The van der Waals surface area contributed by atoms with Crippen LogP contribution < -0.4 is 16.4 Å². The lowest BCUT2D eigenvalue weighted by atomic mass is 9.88. The van der Waals surface area contributed by atoms with Gasteiger partial charge in [-0.3, -0.25) is 19.4 Å². The van der Waals surface area contributed by atoms with Gasteiger partial charge in [-0.2, -0.15) is 13.2 Å². The Bertz CT molecular complexity index is 1200. The number of primary amides is 1. The molecule has 1 saturated heterocycles. The summed E-state index contributed by atoms with van der Waals surface area (Å²) in [4.78, 5) is 31.3. The molecule has 0 aromatic heterocycles. The molecule has 2 aliphatic heterocycles. The van der Waals surface area contributed by atoms with Gasteiger partial charge in [0.2, 0.25) is 5.91 Å². The highest BCUT2D eigenvalue weighted by molar-refractivity contribution is 6.04. The van der Waals surface area contributed by atoms with Crippen molar-refractivity contribution >= 4 is 17.5 Å². The van der Waals surface area contributed by atoms with Crippen LogP contribution in [0.2, 0.25) is 0 Å². The number of likely N-dealkylation sites (N-methyl/N-ethyl adjacent to an activating group) is 2. The number of rotatable bonds is 8. The van der Waals surface area contributed by atoms with Crippen LogP contribution in [0.15, 0.2) is 36.4 Å². The van der Waals surface area contributed by atoms with Crippen LogP contribution in [0.4, 0.5) is 18.9 Å². The third kappa shape index (κ3) is 6.96. The number of nitrogens with one attached hydrogen (secondary N) is 2. The molecule has 1 fully saturated rings. The van der Waals surface area contributed by atoms with Gasteiger partial charge in [-0.1, -0.05) is 19.1 Å². The quantitative estimate of drug-likeness (QED) is 0.472. The second kappa shape index (κ2) is 12.0. The van der Waals surface area contributed by atoms with Crippen molar-refractivity contribution < 1.29 is 22.8 Å². The van der Waals surface area contributed by atoms with Gasteiger partial charge >= 0.3 is 6.18 Å². The Balaban J connectivity index is 1.52. The number of alkyl halides is 3.